The normalized spacial score (nSPS) is 32.8. The fraction of sp³-hybridized carbons (Fsp3) is 0.538. The maximum Gasteiger partial charge on any atom is 0.133 e. The molecular weight excluding hydrogens is 248 g/mol. The molecule has 1 heterocycles. The first-order chi connectivity index (χ1) is 9.11. The smallest absolute Gasteiger partial charge is 0.133 e. The highest BCUT2D eigenvalue weighted by molar-refractivity contribution is 5.14. The Balaban J connectivity index is 2.10. The molecule has 6 nitrogen and oxygen atoms in total. The summed E-state index contributed by atoms with van der Waals surface area (Å²) in [5.41, 5.74) is 1.03. The Morgan fingerprint density at radius 2 is 1.79 bits per heavy atom. The van der Waals surface area contributed by atoms with Gasteiger partial charge < -0.3 is 15.3 Å². The molecule has 0 spiro atoms. The van der Waals surface area contributed by atoms with Gasteiger partial charge in [0.1, 0.15) is 18.2 Å². The topological polar surface area (TPSA) is 93.4 Å². The number of β-amino-alcohol motifs (C(OH)–C–C–N with tert-alkyl or cyclic N) is 1. The zero-order chi connectivity index (χ0) is 13.8. The zero-order valence-corrected chi connectivity index (χ0v) is 10.5. The van der Waals surface area contributed by atoms with Crippen LogP contribution in [0.15, 0.2) is 35.5 Å². The summed E-state index contributed by atoms with van der Waals surface area (Å²) in [5.74, 6) is 0. The molecule has 1 aliphatic heterocycles. The van der Waals surface area contributed by atoms with Crippen LogP contribution in [0.1, 0.15) is 5.56 Å². The molecule has 1 saturated heterocycles. The number of benzene rings is 1. The first kappa shape index (κ1) is 14.1. The third kappa shape index (κ3) is 3.36. The van der Waals surface area contributed by atoms with Crippen LogP contribution in [-0.4, -0.2) is 57.7 Å². The molecular formula is C13H18N2O4. The van der Waals surface area contributed by atoms with Crippen molar-refractivity contribution in [1.29, 1.82) is 0 Å². The minimum Gasteiger partial charge on any atom is -0.389 e. The van der Waals surface area contributed by atoms with E-state index in [9.17, 15) is 20.2 Å². The SMILES string of the molecule is O=N[C@@H]1CN(Cc2ccccc2)C[C@@H](O)[C@@H](O)[C@@H]1O. The highest BCUT2D eigenvalue weighted by Crippen LogP contribution is 2.17. The predicted octanol–water partition coefficient (Wildman–Crippen LogP) is -0.280. The first-order valence-electron chi connectivity index (χ1n) is 6.24. The van der Waals surface area contributed by atoms with E-state index in [1.807, 2.05) is 35.2 Å². The zero-order valence-electron chi connectivity index (χ0n) is 10.5. The molecule has 4 atom stereocenters. The van der Waals surface area contributed by atoms with Gasteiger partial charge in [-0.25, -0.2) is 0 Å². The molecule has 0 aliphatic carbocycles. The van der Waals surface area contributed by atoms with Crippen LogP contribution >= 0.6 is 0 Å². The van der Waals surface area contributed by atoms with Gasteiger partial charge in [-0.3, -0.25) is 4.90 Å². The Kier molecular flexibility index (Phi) is 4.60. The summed E-state index contributed by atoms with van der Waals surface area (Å²) in [7, 11) is 0. The van der Waals surface area contributed by atoms with Crippen molar-refractivity contribution in [2.45, 2.75) is 30.9 Å². The Morgan fingerprint density at radius 1 is 1.11 bits per heavy atom. The quantitative estimate of drug-likeness (QED) is 0.654. The van der Waals surface area contributed by atoms with Gasteiger partial charge in [0.25, 0.3) is 0 Å². The fourth-order valence-electron chi connectivity index (χ4n) is 2.34. The van der Waals surface area contributed by atoms with Crippen LogP contribution in [0.2, 0.25) is 0 Å². The Bertz CT molecular complexity index is 414. The van der Waals surface area contributed by atoms with Gasteiger partial charge in [-0.1, -0.05) is 35.5 Å². The molecule has 0 saturated carbocycles. The van der Waals surface area contributed by atoms with Gasteiger partial charge in [0.15, 0.2) is 0 Å². The second-order valence-corrected chi connectivity index (χ2v) is 4.90. The van der Waals surface area contributed by atoms with E-state index in [0.717, 1.165) is 5.56 Å². The summed E-state index contributed by atoms with van der Waals surface area (Å²) >= 11 is 0. The van der Waals surface area contributed by atoms with Crippen molar-refractivity contribution < 1.29 is 15.3 Å². The number of rotatable bonds is 3. The second-order valence-electron chi connectivity index (χ2n) is 4.90. The van der Waals surface area contributed by atoms with Crippen LogP contribution in [0.3, 0.4) is 0 Å². The molecule has 19 heavy (non-hydrogen) atoms. The van der Waals surface area contributed by atoms with Crippen LogP contribution in [0.25, 0.3) is 0 Å². The number of nitroso groups, excluding NO2 is 1. The Labute approximate surface area is 111 Å². The lowest BCUT2D eigenvalue weighted by Crippen LogP contribution is -2.43. The van der Waals surface area contributed by atoms with Crippen LogP contribution in [0.4, 0.5) is 0 Å². The molecule has 1 fully saturated rings. The lowest BCUT2D eigenvalue weighted by Gasteiger charge is -2.22. The summed E-state index contributed by atoms with van der Waals surface area (Å²) in [6.07, 6.45) is -3.76. The van der Waals surface area contributed by atoms with Crippen molar-refractivity contribution in [3.63, 3.8) is 0 Å². The standard InChI is InChI=1S/C13H18N2O4/c16-11-8-15(6-9-4-2-1-3-5-9)7-10(14-19)12(17)13(11)18/h1-5,10-13,16-18H,6-8H2/t10-,11-,12-,13-/m1/s1. The number of aliphatic hydroxyl groups is 3. The van der Waals surface area contributed by atoms with E-state index >= 15 is 0 Å². The van der Waals surface area contributed by atoms with Crippen LogP contribution in [0, 0.1) is 4.91 Å². The van der Waals surface area contributed by atoms with E-state index in [2.05, 4.69) is 5.18 Å². The minimum atomic E-state index is -1.34. The van der Waals surface area contributed by atoms with E-state index in [0.29, 0.717) is 6.54 Å². The van der Waals surface area contributed by atoms with Crippen molar-refractivity contribution in [3.05, 3.63) is 40.8 Å². The summed E-state index contributed by atoms with van der Waals surface area (Å²) in [4.78, 5) is 12.6. The fourth-order valence-corrected chi connectivity index (χ4v) is 2.34. The van der Waals surface area contributed by atoms with Crippen LogP contribution < -0.4 is 0 Å². The van der Waals surface area contributed by atoms with E-state index in [1.54, 1.807) is 0 Å². The molecule has 104 valence electrons. The Morgan fingerprint density at radius 3 is 2.42 bits per heavy atom. The molecule has 0 bridgehead atoms. The predicted molar refractivity (Wildman–Crippen MR) is 69.3 cm³/mol. The van der Waals surface area contributed by atoms with Crippen molar-refractivity contribution in [1.82, 2.24) is 4.90 Å². The summed E-state index contributed by atoms with van der Waals surface area (Å²) in [6.45, 7) is 0.941. The molecule has 3 N–H and O–H groups in total. The molecule has 2 rings (SSSR count). The molecule has 1 aromatic rings. The van der Waals surface area contributed by atoms with E-state index in [4.69, 9.17) is 0 Å². The molecule has 1 aliphatic rings. The third-order valence-corrected chi connectivity index (χ3v) is 3.41. The molecule has 0 unspecified atom stereocenters. The van der Waals surface area contributed by atoms with Crippen LogP contribution in [-0.2, 0) is 6.54 Å². The number of aliphatic hydroxyl groups excluding tert-OH is 3. The maximum atomic E-state index is 10.7. The average molecular weight is 266 g/mol. The summed E-state index contributed by atoms with van der Waals surface area (Å²) in [5, 5.41) is 32.1. The van der Waals surface area contributed by atoms with E-state index < -0.39 is 24.4 Å². The van der Waals surface area contributed by atoms with Crippen molar-refractivity contribution in [2.24, 2.45) is 5.18 Å². The van der Waals surface area contributed by atoms with Gasteiger partial charge >= 0.3 is 0 Å². The van der Waals surface area contributed by atoms with Gasteiger partial charge in [0.2, 0.25) is 0 Å². The molecule has 0 radical (unpaired) electrons. The lowest BCUT2D eigenvalue weighted by atomic mass is 10.0. The largest absolute Gasteiger partial charge is 0.389 e. The second kappa shape index (κ2) is 6.21. The van der Waals surface area contributed by atoms with Gasteiger partial charge in [-0.05, 0) is 5.56 Å². The summed E-state index contributed by atoms with van der Waals surface area (Å²) in [6, 6.07) is 8.66. The number of hydrogen-bond acceptors (Lipinski definition) is 6. The average Bonchev–Trinajstić information content (AvgIpc) is 2.52. The van der Waals surface area contributed by atoms with Gasteiger partial charge in [-0.2, -0.15) is 4.91 Å². The van der Waals surface area contributed by atoms with Gasteiger partial charge in [0, 0.05) is 19.6 Å². The van der Waals surface area contributed by atoms with Gasteiger partial charge in [0.05, 0.1) is 6.10 Å². The third-order valence-electron chi connectivity index (χ3n) is 3.41. The van der Waals surface area contributed by atoms with Crippen molar-refractivity contribution in [2.75, 3.05) is 13.1 Å². The number of likely N-dealkylation sites (tertiary alicyclic amines) is 1. The van der Waals surface area contributed by atoms with E-state index in [-0.39, 0.29) is 13.1 Å². The van der Waals surface area contributed by atoms with Gasteiger partial charge in [-0.15, -0.1) is 0 Å². The van der Waals surface area contributed by atoms with E-state index in [1.165, 1.54) is 0 Å². The van der Waals surface area contributed by atoms with Crippen molar-refractivity contribution >= 4 is 0 Å². The maximum absolute atomic E-state index is 10.7. The van der Waals surface area contributed by atoms with Crippen LogP contribution in [0.5, 0.6) is 0 Å². The highest BCUT2D eigenvalue weighted by Gasteiger charge is 2.37. The monoisotopic (exact) mass is 266 g/mol. The Hall–Kier alpha value is -1.34. The molecule has 6 heteroatoms. The lowest BCUT2D eigenvalue weighted by molar-refractivity contribution is -0.0582. The highest BCUT2D eigenvalue weighted by atomic mass is 16.4. The minimum absolute atomic E-state index is 0.194. The molecule has 0 aromatic heterocycles. The number of nitrogens with zero attached hydrogens (tertiary/aromatic N) is 2. The number of hydrogen-bond donors (Lipinski definition) is 3. The van der Waals surface area contributed by atoms with Crippen molar-refractivity contribution in [3.8, 4) is 0 Å². The first-order valence-corrected chi connectivity index (χ1v) is 6.24. The molecule has 0 amide bonds. The molecule has 1 aromatic carbocycles. The summed E-state index contributed by atoms with van der Waals surface area (Å²) < 4.78 is 0.